The number of H-pyrrole nitrogens is 2. The quantitative estimate of drug-likeness (QED) is 0.170. The van der Waals surface area contributed by atoms with E-state index < -0.39 is 23.0 Å². The summed E-state index contributed by atoms with van der Waals surface area (Å²) in [4.78, 5) is 42.4. The van der Waals surface area contributed by atoms with Crippen molar-refractivity contribution < 1.29 is 14.4 Å². The van der Waals surface area contributed by atoms with E-state index in [2.05, 4.69) is 36.3 Å². The average Bonchev–Trinajstić information content (AvgIpc) is 3.21. The summed E-state index contributed by atoms with van der Waals surface area (Å²) in [7, 11) is 0. The van der Waals surface area contributed by atoms with Gasteiger partial charge in [0.2, 0.25) is 5.82 Å². The Morgan fingerprint density at radius 2 is 1.92 bits per heavy atom. The Balaban J connectivity index is 0.000000999. The van der Waals surface area contributed by atoms with Crippen LogP contribution in [0, 0.1) is 5.82 Å². The molecule has 10 nitrogen and oxygen atoms in total. The monoisotopic (exact) mass is 560 g/mol. The molecule has 3 rings (SSSR count). The van der Waals surface area contributed by atoms with Gasteiger partial charge in [-0.15, -0.1) is 24.8 Å². The number of carbonyl (C=O) groups is 1. The van der Waals surface area contributed by atoms with Gasteiger partial charge in [-0.05, 0) is 43.3 Å². The summed E-state index contributed by atoms with van der Waals surface area (Å²) in [5.41, 5.74) is 2.85. The molecule has 4 N–H and O–H groups in total. The van der Waals surface area contributed by atoms with Gasteiger partial charge in [-0.25, -0.2) is 15.3 Å². The molecule has 0 saturated carbocycles. The first-order valence-corrected chi connectivity index (χ1v) is 11.6. The fraction of sp³-hybridized carbons (Fsp3) is 0.417. The molecule has 0 aliphatic heterocycles. The number of halogens is 3. The van der Waals surface area contributed by atoms with Crippen LogP contribution in [0.15, 0.2) is 40.1 Å². The first kappa shape index (κ1) is 34.0. The van der Waals surface area contributed by atoms with Crippen molar-refractivity contribution in [1.82, 2.24) is 29.9 Å². The predicted molar refractivity (Wildman–Crippen MR) is 147 cm³/mol. The molecule has 1 amide bonds. The van der Waals surface area contributed by atoms with Gasteiger partial charge in [-0.1, -0.05) is 33.3 Å². The minimum absolute atomic E-state index is 0. The number of aryl methyl sites for hydroxylation is 1. The number of amides is 1. The second kappa shape index (κ2) is 17.5. The summed E-state index contributed by atoms with van der Waals surface area (Å²) in [5.74, 6) is -0.406. The largest absolute Gasteiger partial charge is 0.327 e. The van der Waals surface area contributed by atoms with Gasteiger partial charge in [-0.3, -0.25) is 19.8 Å². The molecule has 1 aromatic carbocycles. The van der Waals surface area contributed by atoms with E-state index in [4.69, 9.17) is 10.2 Å². The highest BCUT2D eigenvalue weighted by atomic mass is 35.5. The molecular weight excluding hydrogens is 526 g/mol. The van der Waals surface area contributed by atoms with Crippen LogP contribution in [0.1, 0.15) is 45.0 Å². The first-order valence-electron chi connectivity index (χ1n) is 11.6. The van der Waals surface area contributed by atoms with E-state index in [1.54, 1.807) is 16.5 Å². The zero-order valence-corrected chi connectivity index (χ0v) is 22.8. The molecule has 206 valence electrons. The zero-order valence-electron chi connectivity index (χ0n) is 21.1. The van der Waals surface area contributed by atoms with Crippen LogP contribution in [0.25, 0.3) is 17.1 Å². The second-order valence-electron chi connectivity index (χ2n) is 7.79. The number of hydroxylamine groups is 1. The van der Waals surface area contributed by atoms with Crippen molar-refractivity contribution in [3.63, 3.8) is 0 Å². The smallest absolute Gasteiger partial charge is 0.325 e. The SMILES string of the molecule is CCCCc1nc2cc(/C=C/C(=O)NO)ccc2n1CCN(CC)CC.Cl.Cl.O=c1[nH]cc(F)c(=O)[nH]1. The number of likely N-dealkylation sites (N-methyl/N-ethyl adjacent to an activating group) is 1. The molecule has 0 aliphatic rings. The van der Waals surface area contributed by atoms with Crippen molar-refractivity contribution in [2.45, 2.75) is 46.6 Å². The van der Waals surface area contributed by atoms with Gasteiger partial charge in [0.1, 0.15) is 5.82 Å². The molecule has 0 bridgehead atoms. The number of nitrogens with one attached hydrogen (secondary N) is 3. The molecule has 0 spiro atoms. The Morgan fingerprint density at radius 1 is 1.22 bits per heavy atom. The molecule has 2 aromatic heterocycles. The van der Waals surface area contributed by atoms with Gasteiger partial charge in [0.05, 0.1) is 11.0 Å². The third-order valence-corrected chi connectivity index (χ3v) is 5.45. The highest BCUT2D eigenvalue weighted by molar-refractivity contribution is 5.91. The van der Waals surface area contributed by atoms with Crippen molar-refractivity contribution in [2.24, 2.45) is 0 Å². The van der Waals surface area contributed by atoms with Crippen molar-refractivity contribution in [1.29, 1.82) is 0 Å². The first-order chi connectivity index (χ1) is 16.8. The minimum atomic E-state index is -1.00. The van der Waals surface area contributed by atoms with Crippen LogP contribution in [0.4, 0.5) is 4.39 Å². The normalized spacial score (nSPS) is 10.5. The van der Waals surface area contributed by atoms with Gasteiger partial charge in [0.15, 0.2) is 0 Å². The maximum absolute atomic E-state index is 12.0. The molecule has 13 heteroatoms. The molecule has 2 heterocycles. The molecule has 3 aromatic rings. The van der Waals surface area contributed by atoms with E-state index in [-0.39, 0.29) is 24.8 Å². The second-order valence-corrected chi connectivity index (χ2v) is 7.79. The topological polar surface area (TPSA) is 136 Å². The molecule has 0 aliphatic carbocycles. The standard InChI is InChI=1S/C20H30N4O2.C4H3FN2O2.2ClH/c1-4-7-8-19-21-17-15-16(10-12-20(25)22-26)9-11-18(17)24(19)14-13-23(5-2)6-3;5-2-1-6-4(9)7-3(2)8;;/h9-12,15,26H,4-8,13-14H2,1-3H3,(H,22,25);1H,(H2,6,7,8,9);2*1H/b12-10+;;;. The van der Waals surface area contributed by atoms with E-state index >= 15 is 0 Å². The molecule has 0 saturated heterocycles. The maximum atomic E-state index is 12.0. The molecule has 0 unspecified atom stereocenters. The lowest BCUT2D eigenvalue weighted by Crippen LogP contribution is -2.27. The molecular formula is C24H35Cl2FN6O4. The van der Waals surface area contributed by atoms with E-state index in [0.29, 0.717) is 6.20 Å². The minimum Gasteiger partial charge on any atom is -0.327 e. The summed E-state index contributed by atoms with van der Waals surface area (Å²) in [6, 6.07) is 6.03. The van der Waals surface area contributed by atoms with Crippen molar-refractivity contribution in [3.05, 3.63) is 68.5 Å². The maximum Gasteiger partial charge on any atom is 0.325 e. The fourth-order valence-electron chi connectivity index (χ4n) is 3.46. The number of unbranched alkanes of at least 4 members (excludes halogenated alkanes) is 1. The highest BCUT2D eigenvalue weighted by Gasteiger charge is 2.12. The van der Waals surface area contributed by atoms with Crippen LogP contribution in [-0.4, -0.2) is 55.2 Å². The summed E-state index contributed by atoms with van der Waals surface area (Å²) in [6.45, 7) is 10.6. The summed E-state index contributed by atoms with van der Waals surface area (Å²) < 4.78 is 14.3. The number of aromatic amines is 2. The highest BCUT2D eigenvalue weighted by Crippen LogP contribution is 2.20. The van der Waals surface area contributed by atoms with Gasteiger partial charge < -0.3 is 14.5 Å². The number of carbonyl (C=O) groups excluding carboxylic acids is 1. The number of fused-ring (bicyclic) bond motifs is 1. The van der Waals surface area contributed by atoms with Crippen LogP contribution in [0.2, 0.25) is 0 Å². The molecule has 0 fully saturated rings. The Labute approximate surface area is 226 Å². The van der Waals surface area contributed by atoms with Gasteiger partial charge >= 0.3 is 5.69 Å². The van der Waals surface area contributed by atoms with Gasteiger partial charge in [-0.2, -0.15) is 4.39 Å². The van der Waals surface area contributed by atoms with Crippen LogP contribution < -0.4 is 16.7 Å². The number of nitrogens with zero attached hydrogens (tertiary/aromatic N) is 3. The fourth-order valence-corrected chi connectivity index (χ4v) is 3.46. The van der Waals surface area contributed by atoms with Gasteiger partial charge in [0.25, 0.3) is 11.5 Å². The van der Waals surface area contributed by atoms with Crippen LogP contribution in [0.3, 0.4) is 0 Å². The lowest BCUT2D eigenvalue weighted by molar-refractivity contribution is -0.124. The number of hydrogen-bond acceptors (Lipinski definition) is 6. The number of benzene rings is 1. The Hall–Kier alpha value is -2.99. The Bertz CT molecular complexity index is 1250. The Morgan fingerprint density at radius 3 is 2.49 bits per heavy atom. The van der Waals surface area contributed by atoms with Crippen molar-refractivity contribution >= 4 is 47.8 Å². The van der Waals surface area contributed by atoms with E-state index in [1.807, 2.05) is 17.1 Å². The molecule has 0 radical (unpaired) electrons. The van der Waals surface area contributed by atoms with Crippen LogP contribution >= 0.6 is 24.8 Å². The zero-order chi connectivity index (χ0) is 25.8. The third-order valence-electron chi connectivity index (χ3n) is 5.45. The van der Waals surface area contributed by atoms with Gasteiger partial charge in [0, 0.05) is 31.8 Å². The number of hydrogen-bond donors (Lipinski definition) is 4. The van der Waals surface area contributed by atoms with Crippen LogP contribution in [-0.2, 0) is 17.8 Å². The molecule has 37 heavy (non-hydrogen) atoms. The third kappa shape index (κ3) is 10.5. The number of aromatic nitrogens is 4. The van der Waals surface area contributed by atoms with Crippen molar-refractivity contribution in [3.8, 4) is 0 Å². The van der Waals surface area contributed by atoms with E-state index in [1.165, 1.54) is 6.08 Å². The van der Waals surface area contributed by atoms with Crippen molar-refractivity contribution in [2.75, 3.05) is 19.6 Å². The van der Waals surface area contributed by atoms with E-state index in [0.717, 1.165) is 67.9 Å². The Kier molecular flexibility index (Phi) is 16.1. The van der Waals surface area contributed by atoms with E-state index in [9.17, 15) is 18.8 Å². The average molecular weight is 561 g/mol. The lowest BCUT2D eigenvalue weighted by Gasteiger charge is -2.19. The molecule has 0 atom stereocenters. The predicted octanol–water partition coefficient (Wildman–Crippen LogP) is 3.29. The number of imidazole rings is 1. The number of rotatable bonds is 10. The lowest BCUT2D eigenvalue weighted by atomic mass is 10.2. The summed E-state index contributed by atoms with van der Waals surface area (Å²) >= 11 is 0. The summed E-state index contributed by atoms with van der Waals surface area (Å²) in [6.07, 6.45) is 6.92. The van der Waals surface area contributed by atoms with Crippen LogP contribution in [0.5, 0.6) is 0 Å². The summed E-state index contributed by atoms with van der Waals surface area (Å²) in [5, 5.41) is 8.58.